The van der Waals surface area contributed by atoms with Gasteiger partial charge >= 0.3 is 6.03 Å². The monoisotopic (exact) mass is 328 g/mol. The summed E-state index contributed by atoms with van der Waals surface area (Å²) in [5.74, 6) is 0.411. The molecule has 0 radical (unpaired) electrons. The van der Waals surface area contributed by atoms with Crippen LogP contribution in [0.1, 0.15) is 25.8 Å². The van der Waals surface area contributed by atoms with Crippen molar-refractivity contribution in [3.05, 3.63) is 28.2 Å². The summed E-state index contributed by atoms with van der Waals surface area (Å²) in [7, 11) is 0. The van der Waals surface area contributed by atoms with Crippen LogP contribution in [0.25, 0.3) is 0 Å². The van der Waals surface area contributed by atoms with Gasteiger partial charge in [-0.05, 0) is 43.0 Å². The zero-order valence-electron chi connectivity index (χ0n) is 11.5. The van der Waals surface area contributed by atoms with Crippen molar-refractivity contribution in [1.29, 1.82) is 0 Å². The fraction of sp³-hybridized carbons (Fsp3) is 0.500. The smallest absolute Gasteiger partial charge is 0.319 e. The molecule has 4 nitrogen and oxygen atoms in total. The fourth-order valence-corrected chi connectivity index (χ4v) is 2.25. The van der Waals surface area contributed by atoms with E-state index in [2.05, 4.69) is 26.6 Å². The fourth-order valence-electron chi connectivity index (χ4n) is 1.77. The molecule has 0 aromatic heterocycles. The van der Waals surface area contributed by atoms with Gasteiger partial charge in [0.1, 0.15) is 0 Å². The van der Waals surface area contributed by atoms with Crippen LogP contribution >= 0.6 is 15.9 Å². The van der Waals surface area contributed by atoms with Gasteiger partial charge in [0.2, 0.25) is 0 Å². The lowest BCUT2D eigenvalue weighted by Gasteiger charge is -2.15. The maximum atomic E-state index is 11.7. The first-order valence-corrected chi connectivity index (χ1v) is 7.17. The second-order valence-corrected chi connectivity index (χ2v) is 5.99. The van der Waals surface area contributed by atoms with E-state index in [9.17, 15) is 9.90 Å². The molecule has 0 bridgehead atoms. The van der Waals surface area contributed by atoms with E-state index in [1.165, 1.54) is 0 Å². The Morgan fingerprint density at radius 2 is 2.11 bits per heavy atom. The summed E-state index contributed by atoms with van der Waals surface area (Å²) in [6.45, 7) is 6.26. The number of anilines is 1. The van der Waals surface area contributed by atoms with E-state index in [1.807, 2.05) is 39.0 Å². The van der Waals surface area contributed by atoms with Gasteiger partial charge in [0.15, 0.2) is 0 Å². The van der Waals surface area contributed by atoms with Crippen LogP contribution in [0.2, 0.25) is 0 Å². The van der Waals surface area contributed by atoms with Crippen molar-refractivity contribution in [2.24, 2.45) is 5.92 Å². The van der Waals surface area contributed by atoms with Crippen LogP contribution in [-0.2, 0) is 0 Å². The third kappa shape index (κ3) is 6.07. The number of carbonyl (C=O) groups is 1. The van der Waals surface area contributed by atoms with Crippen molar-refractivity contribution in [3.8, 4) is 0 Å². The standard InChI is InChI=1S/C14H21BrN2O2/c1-9(2)6-12(18)8-16-14(19)17-13-5-4-11(15)7-10(13)3/h4-5,7,9,12,18H,6,8H2,1-3H3,(H2,16,17,19). The summed E-state index contributed by atoms with van der Waals surface area (Å²) in [5.41, 5.74) is 1.74. The highest BCUT2D eigenvalue weighted by Gasteiger charge is 2.09. The molecule has 0 aliphatic heterocycles. The average Bonchev–Trinajstić information content (AvgIpc) is 2.29. The SMILES string of the molecule is Cc1cc(Br)ccc1NC(=O)NCC(O)CC(C)C. The maximum Gasteiger partial charge on any atom is 0.319 e. The quantitative estimate of drug-likeness (QED) is 0.776. The van der Waals surface area contributed by atoms with Crippen LogP contribution in [0, 0.1) is 12.8 Å². The van der Waals surface area contributed by atoms with E-state index >= 15 is 0 Å². The van der Waals surface area contributed by atoms with Crippen molar-refractivity contribution in [1.82, 2.24) is 5.32 Å². The van der Waals surface area contributed by atoms with Crippen LogP contribution in [0.15, 0.2) is 22.7 Å². The van der Waals surface area contributed by atoms with E-state index < -0.39 is 6.10 Å². The van der Waals surface area contributed by atoms with Crippen LogP contribution in [0.5, 0.6) is 0 Å². The number of hydrogen-bond donors (Lipinski definition) is 3. The molecule has 0 heterocycles. The number of hydrogen-bond acceptors (Lipinski definition) is 2. The van der Waals surface area contributed by atoms with Crippen LogP contribution in [0.4, 0.5) is 10.5 Å². The number of aryl methyl sites for hydroxylation is 1. The van der Waals surface area contributed by atoms with E-state index in [0.29, 0.717) is 12.3 Å². The predicted octanol–water partition coefficient (Wildman–Crippen LogP) is 3.29. The van der Waals surface area contributed by atoms with E-state index in [0.717, 1.165) is 15.7 Å². The Hall–Kier alpha value is -1.07. The summed E-state index contributed by atoms with van der Waals surface area (Å²) in [6.07, 6.45) is 0.175. The molecule has 0 saturated heterocycles. The molecule has 3 N–H and O–H groups in total. The Morgan fingerprint density at radius 1 is 1.42 bits per heavy atom. The van der Waals surface area contributed by atoms with E-state index in [4.69, 9.17) is 0 Å². The molecule has 1 rings (SSSR count). The summed E-state index contributed by atoms with van der Waals surface area (Å²) in [5, 5.41) is 15.1. The van der Waals surface area contributed by atoms with Crippen LogP contribution < -0.4 is 10.6 Å². The Kier molecular flexibility index (Phi) is 6.31. The van der Waals surface area contributed by atoms with E-state index in [-0.39, 0.29) is 12.6 Å². The van der Waals surface area contributed by atoms with Gasteiger partial charge in [-0.1, -0.05) is 29.8 Å². The van der Waals surface area contributed by atoms with Crippen molar-refractivity contribution < 1.29 is 9.90 Å². The number of aliphatic hydroxyl groups excluding tert-OH is 1. The number of urea groups is 1. The van der Waals surface area contributed by atoms with Gasteiger partial charge in [0, 0.05) is 16.7 Å². The highest BCUT2D eigenvalue weighted by atomic mass is 79.9. The predicted molar refractivity (Wildman–Crippen MR) is 81.4 cm³/mol. The van der Waals surface area contributed by atoms with Gasteiger partial charge in [-0.25, -0.2) is 4.79 Å². The Bertz CT molecular complexity index is 435. The Labute approximate surface area is 122 Å². The molecule has 0 aliphatic carbocycles. The minimum Gasteiger partial charge on any atom is -0.391 e. The van der Waals surface area contributed by atoms with Crippen molar-refractivity contribution in [2.75, 3.05) is 11.9 Å². The van der Waals surface area contributed by atoms with Gasteiger partial charge in [0.05, 0.1) is 6.10 Å². The van der Waals surface area contributed by atoms with Gasteiger partial charge < -0.3 is 15.7 Å². The minimum atomic E-state index is -0.503. The lowest BCUT2D eigenvalue weighted by atomic mass is 10.1. The third-order valence-electron chi connectivity index (χ3n) is 2.68. The van der Waals surface area contributed by atoms with Crippen LogP contribution in [-0.4, -0.2) is 23.8 Å². The van der Waals surface area contributed by atoms with E-state index in [1.54, 1.807) is 0 Å². The highest BCUT2D eigenvalue weighted by molar-refractivity contribution is 9.10. The molecule has 1 unspecified atom stereocenters. The third-order valence-corrected chi connectivity index (χ3v) is 3.17. The normalized spacial score (nSPS) is 12.3. The molecule has 0 saturated carbocycles. The number of aliphatic hydroxyl groups is 1. The molecule has 2 amide bonds. The second kappa shape index (κ2) is 7.50. The van der Waals surface area contributed by atoms with Gasteiger partial charge in [-0.2, -0.15) is 0 Å². The zero-order chi connectivity index (χ0) is 14.4. The molecular formula is C14H21BrN2O2. The first-order valence-electron chi connectivity index (χ1n) is 6.37. The Morgan fingerprint density at radius 3 is 2.68 bits per heavy atom. The second-order valence-electron chi connectivity index (χ2n) is 5.08. The number of rotatable bonds is 5. The Balaban J connectivity index is 2.43. The first-order chi connectivity index (χ1) is 8.88. The largest absolute Gasteiger partial charge is 0.391 e. The molecular weight excluding hydrogens is 308 g/mol. The number of benzene rings is 1. The first kappa shape index (κ1) is 16.0. The molecule has 1 atom stereocenters. The highest BCUT2D eigenvalue weighted by Crippen LogP contribution is 2.19. The molecule has 1 aromatic rings. The summed E-state index contributed by atoms with van der Waals surface area (Å²) < 4.78 is 0.975. The molecule has 106 valence electrons. The van der Waals surface area contributed by atoms with Crippen molar-refractivity contribution in [2.45, 2.75) is 33.3 Å². The number of carbonyl (C=O) groups excluding carboxylic acids is 1. The van der Waals surface area contributed by atoms with Crippen molar-refractivity contribution in [3.63, 3.8) is 0 Å². The maximum absolute atomic E-state index is 11.7. The molecule has 1 aromatic carbocycles. The topological polar surface area (TPSA) is 61.4 Å². The van der Waals surface area contributed by atoms with Crippen LogP contribution in [0.3, 0.4) is 0 Å². The molecule has 0 fully saturated rings. The molecule has 19 heavy (non-hydrogen) atoms. The minimum absolute atomic E-state index is 0.263. The number of amides is 2. The lowest BCUT2D eigenvalue weighted by molar-refractivity contribution is 0.148. The number of halogens is 1. The zero-order valence-corrected chi connectivity index (χ0v) is 13.1. The van der Waals surface area contributed by atoms with Crippen molar-refractivity contribution >= 4 is 27.6 Å². The van der Waals surface area contributed by atoms with Gasteiger partial charge in [-0.3, -0.25) is 0 Å². The molecule has 5 heteroatoms. The van der Waals surface area contributed by atoms with Gasteiger partial charge in [0.25, 0.3) is 0 Å². The summed E-state index contributed by atoms with van der Waals surface area (Å²) in [6, 6.07) is 5.34. The number of nitrogens with one attached hydrogen (secondary N) is 2. The lowest BCUT2D eigenvalue weighted by Crippen LogP contribution is -2.35. The summed E-state index contributed by atoms with van der Waals surface area (Å²) >= 11 is 3.37. The van der Waals surface area contributed by atoms with Gasteiger partial charge in [-0.15, -0.1) is 0 Å². The molecule has 0 aliphatic rings. The summed E-state index contributed by atoms with van der Waals surface area (Å²) in [4.78, 5) is 11.7. The average molecular weight is 329 g/mol. The molecule has 0 spiro atoms.